The summed E-state index contributed by atoms with van der Waals surface area (Å²) in [7, 11) is 0. The topological polar surface area (TPSA) is 26.0 Å². The minimum atomic E-state index is 0.102. The predicted octanol–water partition coefficient (Wildman–Crippen LogP) is 3.56. The summed E-state index contributed by atoms with van der Waals surface area (Å²) in [4.78, 5) is 0. The summed E-state index contributed by atoms with van der Waals surface area (Å²) in [5.41, 5.74) is 8.77. The van der Waals surface area contributed by atoms with Gasteiger partial charge in [0.1, 0.15) is 0 Å². The lowest BCUT2D eigenvalue weighted by molar-refractivity contribution is 0.784. The molecule has 1 aliphatic carbocycles. The van der Waals surface area contributed by atoms with E-state index < -0.39 is 0 Å². The SMILES string of the molecule is NC(C1=CCCC1)c1ccc(Br)cc1. The van der Waals surface area contributed by atoms with Crippen molar-refractivity contribution in [2.45, 2.75) is 25.3 Å². The van der Waals surface area contributed by atoms with E-state index in [9.17, 15) is 0 Å². The smallest absolute Gasteiger partial charge is 0.0510 e. The molecule has 2 N–H and O–H groups in total. The van der Waals surface area contributed by atoms with Gasteiger partial charge in [-0.05, 0) is 37.0 Å². The summed E-state index contributed by atoms with van der Waals surface area (Å²) in [5, 5.41) is 0. The van der Waals surface area contributed by atoms with E-state index in [1.807, 2.05) is 12.1 Å². The average Bonchev–Trinajstić information content (AvgIpc) is 2.71. The molecule has 0 amide bonds. The molecule has 0 bridgehead atoms. The van der Waals surface area contributed by atoms with Crippen LogP contribution in [0.3, 0.4) is 0 Å². The first-order valence-corrected chi connectivity index (χ1v) is 5.76. The molecule has 74 valence electrons. The van der Waals surface area contributed by atoms with Crippen molar-refractivity contribution in [3.63, 3.8) is 0 Å². The standard InChI is InChI=1S/C12H14BrN/c13-11-7-5-10(6-8-11)12(14)9-3-1-2-4-9/h3,5-8,12H,1-2,4,14H2. The van der Waals surface area contributed by atoms with Crippen LogP contribution in [0.15, 0.2) is 40.4 Å². The van der Waals surface area contributed by atoms with Crippen LogP contribution in [0.1, 0.15) is 30.9 Å². The van der Waals surface area contributed by atoms with Crippen LogP contribution in [0.25, 0.3) is 0 Å². The molecule has 1 aromatic carbocycles. The average molecular weight is 252 g/mol. The molecule has 2 rings (SSSR count). The van der Waals surface area contributed by atoms with Crippen LogP contribution in [0.5, 0.6) is 0 Å². The molecule has 0 fully saturated rings. The van der Waals surface area contributed by atoms with E-state index >= 15 is 0 Å². The Hall–Kier alpha value is -0.600. The molecule has 1 atom stereocenters. The highest BCUT2D eigenvalue weighted by Gasteiger charge is 2.14. The Bertz CT molecular complexity index is 340. The van der Waals surface area contributed by atoms with Crippen molar-refractivity contribution in [2.24, 2.45) is 5.73 Å². The summed E-state index contributed by atoms with van der Waals surface area (Å²) < 4.78 is 1.11. The fourth-order valence-corrected chi connectivity index (χ4v) is 2.13. The van der Waals surface area contributed by atoms with Crippen LogP contribution in [-0.4, -0.2) is 0 Å². The van der Waals surface area contributed by atoms with Gasteiger partial charge < -0.3 is 5.73 Å². The fourth-order valence-electron chi connectivity index (χ4n) is 1.86. The Morgan fingerprint density at radius 3 is 2.50 bits per heavy atom. The molecule has 1 nitrogen and oxygen atoms in total. The predicted molar refractivity (Wildman–Crippen MR) is 63.0 cm³/mol. The van der Waals surface area contributed by atoms with Crippen molar-refractivity contribution in [3.8, 4) is 0 Å². The molecule has 14 heavy (non-hydrogen) atoms. The third kappa shape index (κ3) is 2.07. The van der Waals surface area contributed by atoms with Gasteiger partial charge in [0, 0.05) is 4.47 Å². The second-order valence-corrected chi connectivity index (χ2v) is 4.62. The van der Waals surface area contributed by atoms with E-state index in [0.717, 1.165) is 10.9 Å². The zero-order valence-corrected chi connectivity index (χ0v) is 9.63. The molecule has 0 aliphatic heterocycles. The third-order valence-corrected chi connectivity index (χ3v) is 3.23. The van der Waals surface area contributed by atoms with Crippen molar-refractivity contribution in [1.82, 2.24) is 0 Å². The number of allylic oxidation sites excluding steroid dienone is 1. The van der Waals surface area contributed by atoms with Gasteiger partial charge in [-0.15, -0.1) is 0 Å². The van der Waals surface area contributed by atoms with Crippen LogP contribution >= 0.6 is 15.9 Å². The van der Waals surface area contributed by atoms with Crippen LogP contribution in [0.2, 0.25) is 0 Å². The van der Waals surface area contributed by atoms with Gasteiger partial charge in [0.05, 0.1) is 6.04 Å². The summed E-state index contributed by atoms with van der Waals surface area (Å²) in [6.07, 6.45) is 5.91. The van der Waals surface area contributed by atoms with E-state index in [4.69, 9.17) is 5.73 Å². The third-order valence-electron chi connectivity index (χ3n) is 2.70. The zero-order chi connectivity index (χ0) is 9.97. The van der Waals surface area contributed by atoms with Crippen molar-refractivity contribution in [1.29, 1.82) is 0 Å². The number of hydrogen-bond acceptors (Lipinski definition) is 1. The maximum absolute atomic E-state index is 6.17. The lowest BCUT2D eigenvalue weighted by Gasteiger charge is -2.13. The Morgan fingerprint density at radius 2 is 1.93 bits per heavy atom. The lowest BCUT2D eigenvalue weighted by atomic mass is 9.99. The number of halogens is 1. The summed E-state index contributed by atoms with van der Waals surface area (Å²) in [5.74, 6) is 0. The molecule has 0 radical (unpaired) electrons. The van der Waals surface area contributed by atoms with Crippen molar-refractivity contribution < 1.29 is 0 Å². The highest BCUT2D eigenvalue weighted by atomic mass is 79.9. The normalized spacial score (nSPS) is 18.0. The number of hydrogen-bond donors (Lipinski definition) is 1. The zero-order valence-electron chi connectivity index (χ0n) is 8.04. The first kappa shape index (κ1) is 9.94. The Labute approximate surface area is 93.1 Å². The van der Waals surface area contributed by atoms with Crippen LogP contribution in [0.4, 0.5) is 0 Å². The molecular formula is C12H14BrN. The summed E-state index contributed by atoms with van der Waals surface area (Å²) in [6.45, 7) is 0. The van der Waals surface area contributed by atoms with Gasteiger partial charge >= 0.3 is 0 Å². The summed E-state index contributed by atoms with van der Waals surface area (Å²) >= 11 is 3.42. The first-order chi connectivity index (χ1) is 6.77. The largest absolute Gasteiger partial charge is 0.321 e. The second-order valence-electron chi connectivity index (χ2n) is 3.70. The van der Waals surface area contributed by atoms with Crippen molar-refractivity contribution in [2.75, 3.05) is 0 Å². The molecule has 0 saturated carbocycles. The van der Waals surface area contributed by atoms with E-state index in [1.54, 1.807) is 0 Å². The first-order valence-electron chi connectivity index (χ1n) is 4.97. The second kappa shape index (κ2) is 4.28. The highest BCUT2D eigenvalue weighted by molar-refractivity contribution is 9.10. The molecule has 1 aliphatic rings. The number of rotatable bonds is 2. The molecule has 0 aromatic heterocycles. The quantitative estimate of drug-likeness (QED) is 0.800. The monoisotopic (exact) mass is 251 g/mol. The van der Waals surface area contributed by atoms with E-state index in [1.165, 1.54) is 24.0 Å². The van der Waals surface area contributed by atoms with Gasteiger partial charge in [-0.3, -0.25) is 0 Å². The van der Waals surface area contributed by atoms with E-state index in [-0.39, 0.29) is 6.04 Å². The van der Waals surface area contributed by atoms with Gasteiger partial charge in [0.15, 0.2) is 0 Å². The minimum absolute atomic E-state index is 0.102. The Balaban J connectivity index is 2.18. The van der Waals surface area contributed by atoms with Gasteiger partial charge in [0.2, 0.25) is 0 Å². The van der Waals surface area contributed by atoms with Crippen LogP contribution < -0.4 is 5.73 Å². The molecule has 0 spiro atoms. The van der Waals surface area contributed by atoms with Crippen molar-refractivity contribution in [3.05, 3.63) is 46.0 Å². The van der Waals surface area contributed by atoms with Crippen LogP contribution in [0, 0.1) is 0 Å². The molecule has 1 aromatic rings. The van der Waals surface area contributed by atoms with Gasteiger partial charge in [-0.2, -0.15) is 0 Å². The number of benzene rings is 1. The maximum Gasteiger partial charge on any atom is 0.0510 e. The van der Waals surface area contributed by atoms with E-state index in [0.29, 0.717) is 0 Å². The molecule has 1 unspecified atom stereocenters. The molecular weight excluding hydrogens is 238 g/mol. The number of nitrogens with two attached hydrogens (primary N) is 1. The maximum atomic E-state index is 6.17. The Morgan fingerprint density at radius 1 is 1.21 bits per heavy atom. The lowest BCUT2D eigenvalue weighted by Crippen LogP contribution is -2.11. The molecule has 0 saturated heterocycles. The fraction of sp³-hybridized carbons (Fsp3) is 0.333. The summed E-state index contributed by atoms with van der Waals surface area (Å²) in [6, 6.07) is 8.38. The van der Waals surface area contributed by atoms with Gasteiger partial charge in [-0.1, -0.05) is 39.7 Å². The minimum Gasteiger partial charge on any atom is -0.321 e. The molecule has 0 heterocycles. The highest BCUT2D eigenvalue weighted by Crippen LogP contribution is 2.29. The van der Waals surface area contributed by atoms with Crippen molar-refractivity contribution >= 4 is 15.9 Å². The molecule has 2 heteroatoms. The van der Waals surface area contributed by atoms with Gasteiger partial charge in [0.25, 0.3) is 0 Å². The van der Waals surface area contributed by atoms with Crippen LogP contribution in [-0.2, 0) is 0 Å². The Kier molecular flexibility index (Phi) is 3.04. The van der Waals surface area contributed by atoms with Gasteiger partial charge in [-0.25, -0.2) is 0 Å². The van der Waals surface area contributed by atoms with E-state index in [2.05, 4.69) is 34.1 Å².